The van der Waals surface area contributed by atoms with Crippen molar-refractivity contribution in [3.8, 4) is 11.1 Å². The summed E-state index contributed by atoms with van der Waals surface area (Å²) >= 11 is 0. The lowest BCUT2D eigenvalue weighted by Crippen LogP contribution is -2.32. The lowest BCUT2D eigenvalue weighted by atomic mass is 10.0. The summed E-state index contributed by atoms with van der Waals surface area (Å²) in [6, 6.07) is 8.06. The third-order valence-corrected chi connectivity index (χ3v) is 4.56. The van der Waals surface area contributed by atoms with Gasteiger partial charge in [-0.05, 0) is 12.1 Å². The molecule has 5 nitrogen and oxygen atoms in total. The van der Waals surface area contributed by atoms with Crippen LogP contribution in [0, 0.1) is 11.6 Å². The normalized spacial score (nSPS) is 15.5. The number of sulfonamides is 1. The van der Waals surface area contributed by atoms with Gasteiger partial charge in [0.2, 0.25) is 5.96 Å². The highest BCUT2D eigenvalue weighted by Gasteiger charge is 2.27. The molecule has 1 aliphatic rings. The first kappa shape index (κ1) is 14.5. The second kappa shape index (κ2) is 5.06. The molecule has 22 heavy (non-hydrogen) atoms. The van der Waals surface area contributed by atoms with E-state index in [-0.39, 0.29) is 27.7 Å². The van der Waals surface area contributed by atoms with E-state index in [0.29, 0.717) is 0 Å². The van der Waals surface area contributed by atoms with E-state index in [9.17, 15) is 17.2 Å². The van der Waals surface area contributed by atoms with E-state index in [1.165, 1.54) is 37.4 Å². The fraction of sp³-hybridized carbons (Fsp3) is 0.0714. The number of hydrogen-bond donors (Lipinski definition) is 2. The number of fused-ring (bicyclic) bond motifs is 1. The summed E-state index contributed by atoms with van der Waals surface area (Å²) in [5, 5.41) is 5.38. The number of hydrogen-bond acceptors (Lipinski definition) is 4. The first-order valence-electron chi connectivity index (χ1n) is 6.31. The summed E-state index contributed by atoms with van der Waals surface area (Å²) in [4.78, 5) is -0.0901. The molecule has 1 aliphatic heterocycles. The Morgan fingerprint density at radius 2 is 1.77 bits per heavy atom. The average Bonchev–Trinajstić information content (AvgIpc) is 2.49. The van der Waals surface area contributed by atoms with E-state index in [2.05, 4.69) is 15.0 Å². The summed E-state index contributed by atoms with van der Waals surface area (Å²) in [5.41, 5.74) is 0.365. The van der Waals surface area contributed by atoms with Crippen molar-refractivity contribution in [2.45, 2.75) is 4.90 Å². The lowest BCUT2D eigenvalue weighted by molar-refractivity contribution is 0.511. The maximum atomic E-state index is 14.0. The number of benzene rings is 2. The zero-order valence-electron chi connectivity index (χ0n) is 11.4. The third kappa shape index (κ3) is 2.21. The first-order valence-corrected chi connectivity index (χ1v) is 7.75. The predicted molar refractivity (Wildman–Crippen MR) is 79.1 cm³/mol. The predicted octanol–water partition coefficient (Wildman–Crippen LogP) is 2.32. The number of rotatable bonds is 1. The third-order valence-electron chi connectivity index (χ3n) is 3.24. The molecule has 0 radical (unpaired) electrons. The van der Waals surface area contributed by atoms with Gasteiger partial charge in [0.1, 0.15) is 4.90 Å². The van der Waals surface area contributed by atoms with Crippen LogP contribution in [0.1, 0.15) is 0 Å². The van der Waals surface area contributed by atoms with Crippen LogP contribution in [-0.2, 0) is 10.0 Å². The van der Waals surface area contributed by atoms with Gasteiger partial charge in [0.25, 0.3) is 10.0 Å². The molecular formula is C14H11F2N3O2S. The highest BCUT2D eigenvalue weighted by atomic mass is 32.2. The summed E-state index contributed by atoms with van der Waals surface area (Å²) in [6.07, 6.45) is 0. The van der Waals surface area contributed by atoms with Gasteiger partial charge in [0, 0.05) is 18.2 Å². The van der Waals surface area contributed by atoms with Crippen LogP contribution in [0.4, 0.5) is 14.5 Å². The molecule has 3 rings (SSSR count). The fourth-order valence-electron chi connectivity index (χ4n) is 2.23. The van der Waals surface area contributed by atoms with Crippen molar-refractivity contribution in [1.29, 1.82) is 0 Å². The van der Waals surface area contributed by atoms with Crippen molar-refractivity contribution in [1.82, 2.24) is 5.32 Å². The molecule has 8 heteroatoms. The van der Waals surface area contributed by atoms with Crippen LogP contribution in [-0.4, -0.2) is 21.4 Å². The van der Waals surface area contributed by atoms with Crippen molar-refractivity contribution in [2.24, 2.45) is 4.40 Å². The highest BCUT2D eigenvalue weighted by Crippen LogP contribution is 2.37. The number of anilines is 1. The van der Waals surface area contributed by atoms with Gasteiger partial charge < -0.3 is 10.6 Å². The molecule has 0 spiro atoms. The lowest BCUT2D eigenvalue weighted by Gasteiger charge is -2.21. The number of para-hydroxylation sites is 1. The molecule has 2 N–H and O–H groups in total. The maximum absolute atomic E-state index is 14.0. The second-order valence-electron chi connectivity index (χ2n) is 4.57. The van der Waals surface area contributed by atoms with Crippen LogP contribution in [0.2, 0.25) is 0 Å². The standard InChI is InChI=1S/C14H11F2N3O2S/c1-17-14-18-13-9(8-4-2-6-10(15)12(8)16)5-3-7-11(13)22(20,21)19-14/h2-7H,1H3,(H2,17,18,19). The van der Waals surface area contributed by atoms with Gasteiger partial charge in [-0.15, -0.1) is 4.40 Å². The molecule has 0 amide bonds. The number of guanidine groups is 1. The topological polar surface area (TPSA) is 70.6 Å². The van der Waals surface area contributed by atoms with E-state index in [1.54, 1.807) is 0 Å². The summed E-state index contributed by atoms with van der Waals surface area (Å²) < 4.78 is 55.3. The summed E-state index contributed by atoms with van der Waals surface area (Å²) in [6.45, 7) is 0. The van der Waals surface area contributed by atoms with Crippen LogP contribution >= 0.6 is 0 Å². The maximum Gasteiger partial charge on any atom is 0.287 e. The van der Waals surface area contributed by atoms with Crippen LogP contribution < -0.4 is 10.6 Å². The molecule has 114 valence electrons. The van der Waals surface area contributed by atoms with E-state index in [4.69, 9.17) is 0 Å². The minimum Gasteiger partial charge on any atom is -0.358 e. The van der Waals surface area contributed by atoms with Gasteiger partial charge in [-0.2, -0.15) is 8.42 Å². The molecule has 0 bridgehead atoms. The molecule has 0 fully saturated rings. The first-order chi connectivity index (χ1) is 10.4. The number of halogens is 2. The Morgan fingerprint density at radius 1 is 1.09 bits per heavy atom. The second-order valence-corrected chi connectivity index (χ2v) is 6.14. The summed E-state index contributed by atoms with van der Waals surface area (Å²) in [5.74, 6) is -2.03. The smallest absolute Gasteiger partial charge is 0.287 e. The van der Waals surface area contributed by atoms with Gasteiger partial charge >= 0.3 is 0 Å². The largest absolute Gasteiger partial charge is 0.358 e. The highest BCUT2D eigenvalue weighted by molar-refractivity contribution is 7.90. The van der Waals surface area contributed by atoms with Crippen molar-refractivity contribution < 1.29 is 17.2 Å². The number of nitrogens with one attached hydrogen (secondary N) is 2. The van der Waals surface area contributed by atoms with Crippen LogP contribution in [0.3, 0.4) is 0 Å². The minimum atomic E-state index is -3.91. The minimum absolute atomic E-state index is 0.0109. The molecular weight excluding hydrogens is 312 g/mol. The Hall–Kier alpha value is -2.48. The van der Waals surface area contributed by atoms with Gasteiger partial charge in [0.05, 0.1) is 5.69 Å². The van der Waals surface area contributed by atoms with Gasteiger partial charge in [-0.25, -0.2) is 8.78 Å². The van der Waals surface area contributed by atoms with Crippen LogP contribution in [0.25, 0.3) is 11.1 Å². The van der Waals surface area contributed by atoms with E-state index in [1.807, 2.05) is 0 Å². The molecule has 0 aromatic heterocycles. The van der Waals surface area contributed by atoms with Gasteiger partial charge in [-0.1, -0.05) is 24.3 Å². The molecule has 2 aromatic carbocycles. The Balaban J connectivity index is 2.29. The molecule has 2 aromatic rings. The Bertz CT molecular complexity index is 895. The fourth-order valence-corrected chi connectivity index (χ4v) is 3.38. The van der Waals surface area contributed by atoms with Crippen molar-refractivity contribution in [2.75, 3.05) is 12.4 Å². The Labute approximate surface area is 125 Å². The number of nitrogens with zero attached hydrogens (tertiary/aromatic N) is 1. The molecule has 0 saturated heterocycles. The van der Waals surface area contributed by atoms with Crippen molar-refractivity contribution >= 4 is 21.7 Å². The van der Waals surface area contributed by atoms with Crippen molar-refractivity contribution in [3.63, 3.8) is 0 Å². The molecule has 0 aliphatic carbocycles. The van der Waals surface area contributed by atoms with Crippen LogP contribution in [0.15, 0.2) is 45.7 Å². The molecule has 0 atom stereocenters. The van der Waals surface area contributed by atoms with Gasteiger partial charge in [0.15, 0.2) is 11.6 Å². The van der Waals surface area contributed by atoms with E-state index >= 15 is 0 Å². The average molecular weight is 323 g/mol. The Kier molecular flexibility index (Phi) is 3.32. The summed E-state index contributed by atoms with van der Waals surface area (Å²) in [7, 11) is -2.41. The Morgan fingerprint density at radius 3 is 2.50 bits per heavy atom. The van der Waals surface area contributed by atoms with Gasteiger partial charge in [-0.3, -0.25) is 0 Å². The van der Waals surface area contributed by atoms with Crippen molar-refractivity contribution in [3.05, 3.63) is 48.0 Å². The van der Waals surface area contributed by atoms with E-state index in [0.717, 1.165) is 6.07 Å². The molecule has 0 unspecified atom stereocenters. The molecule has 0 saturated carbocycles. The zero-order chi connectivity index (χ0) is 15.9. The quantitative estimate of drug-likeness (QED) is 0.845. The van der Waals surface area contributed by atoms with E-state index < -0.39 is 21.7 Å². The molecule has 1 heterocycles. The zero-order valence-corrected chi connectivity index (χ0v) is 12.2. The monoisotopic (exact) mass is 323 g/mol. The SMILES string of the molecule is CNC1=NS(=O)(=O)c2cccc(-c3cccc(F)c3F)c2N1. The van der Waals surface area contributed by atoms with Crippen LogP contribution in [0.5, 0.6) is 0 Å².